The molecule has 0 saturated carbocycles. The molecule has 10 nitrogen and oxygen atoms in total. The van der Waals surface area contributed by atoms with Crippen LogP contribution in [0.4, 0.5) is 20.2 Å². The van der Waals surface area contributed by atoms with Gasteiger partial charge in [0.2, 0.25) is 0 Å². The lowest BCUT2D eigenvalue weighted by Gasteiger charge is -2.33. The van der Waals surface area contributed by atoms with E-state index in [1.165, 1.54) is 12.1 Å². The van der Waals surface area contributed by atoms with Crippen LogP contribution >= 0.6 is 0 Å². The number of ether oxygens (including phenoxy) is 1. The van der Waals surface area contributed by atoms with E-state index < -0.39 is 28.8 Å². The smallest absolute Gasteiger partial charge is 0.276 e. The summed E-state index contributed by atoms with van der Waals surface area (Å²) in [7, 11) is 0. The molecule has 2 fully saturated rings. The molecule has 2 saturated heterocycles. The first kappa shape index (κ1) is 25.1. The molecule has 0 radical (unpaired) electrons. The highest BCUT2D eigenvalue weighted by molar-refractivity contribution is 6.08. The zero-order valence-electron chi connectivity index (χ0n) is 21.0. The average Bonchev–Trinajstić information content (AvgIpc) is 3.60. The second-order valence-corrected chi connectivity index (χ2v) is 9.82. The first-order valence-electron chi connectivity index (χ1n) is 12.9. The standard InChI is InChI=1S/C27H27F2N7O3/c28-19-2-1-3-20(29)26(19)36-24(37)7-5-22(33-36)27(38)32-21-4-6-23-18(14-31-35(23)17-10-13-39-15-17)25(21)34-11-8-16(30)9-12-34/h1-7,14,16-17H,8-13,15,30H2,(H,32,38)/t17-/m0/s1. The molecule has 4 aromatic rings. The van der Waals surface area contributed by atoms with Crippen LogP contribution < -0.4 is 21.5 Å². The Hall–Kier alpha value is -4.16. The molecule has 0 aliphatic carbocycles. The highest BCUT2D eigenvalue weighted by Gasteiger charge is 2.26. The lowest BCUT2D eigenvalue weighted by molar-refractivity contribution is 0.102. The molecule has 1 atom stereocenters. The number of benzene rings is 2. The van der Waals surface area contributed by atoms with Crippen molar-refractivity contribution in [2.75, 3.05) is 36.5 Å². The van der Waals surface area contributed by atoms with E-state index in [1.54, 1.807) is 6.20 Å². The minimum Gasteiger partial charge on any atom is -0.379 e. The van der Waals surface area contributed by atoms with Gasteiger partial charge >= 0.3 is 0 Å². The van der Waals surface area contributed by atoms with Crippen LogP contribution in [-0.4, -0.2) is 57.8 Å². The van der Waals surface area contributed by atoms with Crippen molar-refractivity contribution in [3.05, 3.63) is 76.3 Å². The molecule has 12 heteroatoms. The van der Waals surface area contributed by atoms with Crippen LogP contribution in [0.15, 0.2) is 53.5 Å². The molecule has 2 aromatic heterocycles. The van der Waals surface area contributed by atoms with Crippen LogP contribution in [0.25, 0.3) is 16.6 Å². The van der Waals surface area contributed by atoms with Crippen molar-refractivity contribution in [2.45, 2.75) is 31.3 Å². The number of rotatable bonds is 5. The van der Waals surface area contributed by atoms with E-state index in [2.05, 4.69) is 20.4 Å². The Morgan fingerprint density at radius 3 is 2.51 bits per heavy atom. The Kier molecular flexibility index (Phi) is 6.57. The molecule has 202 valence electrons. The number of nitrogens with two attached hydrogens (primary N) is 1. The van der Waals surface area contributed by atoms with E-state index in [1.807, 2.05) is 16.8 Å². The van der Waals surface area contributed by atoms with Crippen molar-refractivity contribution in [1.82, 2.24) is 19.6 Å². The molecule has 0 bridgehead atoms. The van der Waals surface area contributed by atoms with Gasteiger partial charge in [-0.05, 0) is 49.6 Å². The summed E-state index contributed by atoms with van der Waals surface area (Å²) in [6.45, 7) is 2.68. The molecule has 6 rings (SSSR count). The van der Waals surface area contributed by atoms with E-state index in [9.17, 15) is 18.4 Å². The second kappa shape index (κ2) is 10.2. The van der Waals surface area contributed by atoms with Crippen LogP contribution in [0.5, 0.6) is 0 Å². The number of piperidine rings is 1. The molecule has 39 heavy (non-hydrogen) atoms. The quantitative estimate of drug-likeness (QED) is 0.403. The molecule has 1 amide bonds. The fourth-order valence-electron chi connectivity index (χ4n) is 5.25. The summed E-state index contributed by atoms with van der Waals surface area (Å²) in [4.78, 5) is 27.9. The molecule has 0 spiro atoms. The largest absolute Gasteiger partial charge is 0.379 e. The molecule has 3 N–H and O–H groups in total. The van der Waals surface area contributed by atoms with Gasteiger partial charge in [-0.15, -0.1) is 0 Å². The molecular weight excluding hydrogens is 508 g/mol. The number of nitrogens with zero attached hydrogens (tertiary/aromatic N) is 5. The fraction of sp³-hybridized carbons (Fsp3) is 0.333. The van der Waals surface area contributed by atoms with Crippen molar-refractivity contribution in [3.8, 4) is 5.69 Å². The third kappa shape index (κ3) is 4.66. The van der Waals surface area contributed by atoms with E-state index in [0.717, 1.165) is 54.1 Å². The van der Waals surface area contributed by atoms with Crippen LogP contribution in [0.3, 0.4) is 0 Å². The maximum Gasteiger partial charge on any atom is 0.276 e. The van der Waals surface area contributed by atoms with Gasteiger partial charge in [-0.2, -0.15) is 14.9 Å². The van der Waals surface area contributed by atoms with Gasteiger partial charge in [0.05, 0.1) is 35.7 Å². The number of hydrogen-bond acceptors (Lipinski definition) is 7. The van der Waals surface area contributed by atoms with Gasteiger partial charge in [-0.1, -0.05) is 6.07 Å². The Morgan fingerprint density at radius 2 is 1.79 bits per heavy atom. The highest BCUT2D eigenvalue weighted by Crippen LogP contribution is 2.38. The average molecular weight is 536 g/mol. The number of carbonyl (C=O) groups excluding carboxylic acids is 1. The van der Waals surface area contributed by atoms with Crippen molar-refractivity contribution in [1.29, 1.82) is 0 Å². The normalized spacial score (nSPS) is 18.1. The van der Waals surface area contributed by atoms with E-state index in [0.29, 0.717) is 36.7 Å². The monoisotopic (exact) mass is 535 g/mol. The van der Waals surface area contributed by atoms with Crippen LogP contribution in [0.1, 0.15) is 35.8 Å². The number of carbonyl (C=O) groups is 1. The Morgan fingerprint density at radius 1 is 1.03 bits per heavy atom. The number of hydrogen-bond donors (Lipinski definition) is 2. The van der Waals surface area contributed by atoms with Gasteiger partial charge in [0.15, 0.2) is 11.6 Å². The topological polar surface area (TPSA) is 120 Å². The summed E-state index contributed by atoms with van der Waals surface area (Å²) in [5, 5.41) is 12.4. The molecule has 2 aliphatic rings. The summed E-state index contributed by atoms with van der Waals surface area (Å²) in [5.41, 5.74) is 6.82. The van der Waals surface area contributed by atoms with Gasteiger partial charge in [-0.3, -0.25) is 14.3 Å². The molecule has 4 heterocycles. The molecule has 2 aliphatic heterocycles. The van der Waals surface area contributed by atoms with Crippen LogP contribution in [-0.2, 0) is 4.74 Å². The number of para-hydroxylation sites is 1. The van der Waals surface area contributed by atoms with Gasteiger partial charge in [-0.25, -0.2) is 8.78 Å². The Balaban J connectivity index is 1.38. The first-order valence-corrected chi connectivity index (χ1v) is 12.9. The fourth-order valence-corrected chi connectivity index (χ4v) is 5.25. The van der Waals surface area contributed by atoms with Crippen LogP contribution in [0, 0.1) is 11.6 Å². The molecular formula is C27H27F2N7O3. The third-order valence-electron chi connectivity index (χ3n) is 7.29. The number of fused-ring (bicyclic) bond motifs is 1. The predicted molar refractivity (Wildman–Crippen MR) is 141 cm³/mol. The maximum atomic E-state index is 14.4. The first-order chi connectivity index (χ1) is 18.9. The number of halogens is 2. The highest BCUT2D eigenvalue weighted by atomic mass is 19.1. The van der Waals surface area contributed by atoms with Crippen molar-refractivity contribution in [3.63, 3.8) is 0 Å². The van der Waals surface area contributed by atoms with Gasteiger partial charge < -0.3 is 20.7 Å². The lowest BCUT2D eigenvalue weighted by Crippen LogP contribution is -2.40. The zero-order valence-corrected chi connectivity index (χ0v) is 21.0. The predicted octanol–water partition coefficient (Wildman–Crippen LogP) is 3.00. The van der Waals surface area contributed by atoms with E-state index >= 15 is 0 Å². The van der Waals surface area contributed by atoms with E-state index in [4.69, 9.17) is 10.5 Å². The number of amides is 1. The lowest BCUT2D eigenvalue weighted by atomic mass is 10.0. The summed E-state index contributed by atoms with van der Waals surface area (Å²) >= 11 is 0. The molecule has 0 unspecified atom stereocenters. The number of aromatic nitrogens is 4. The number of anilines is 2. The Labute approximate surface area is 222 Å². The van der Waals surface area contributed by atoms with Crippen LogP contribution in [0.2, 0.25) is 0 Å². The maximum absolute atomic E-state index is 14.4. The minimum atomic E-state index is -0.970. The number of nitrogens with one attached hydrogen (secondary N) is 1. The molecule has 2 aromatic carbocycles. The van der Waals surface area contributed by atoms with Gasteiger partial charge in [0.1, 0.15) is 11.4 Å². The minimum absolute atomic E-state index is 0.112. The summed E-state index contributed by atoms with van der Waals surface area (Å²) in [5.74, 6) is -2.57. The third-order valence-corrected chi connectivity index (χ3v) is 7.29. The van der Waals surface area contributed by atoms with Crippen molar-refractivity contribution >= 4 is 28.2 Å². The van der Waals surface area contributed by atoms with Crippen molar-refractivity contribution in [2.24, 2.45) is 5.73 Å². The summed E-state index contributed by atoms with van der Waals surface area (Å²) < 4.78 is 36.8. The summed E-state index contributed by atoms with van der Waals surface area (Å²) in [6, 6.07) is 9.45. The van der Waals surface area contributed by atoms with Crippen molar-refractivity contribution < 1.29 is 18.3 Å². The summed E-state index contributed by atoms with van der Waals surface area (Å²) in [6.07, 6.45) is 4.27. The second-order valence-electron chi connectivity index (χ2n) is 9.82. The van der Waals surface area contributed by atoms with Gasteiger partial charge in [0.25, 0.3) is 11.5 Å². The zero-order chi connectivity index (χ0) is 27.1. The SMILES string of the molecule is NC1CCN(c2c(NC(=O)c3ccc(=O)n(-c4c(F)cccc4F)n3)ccc3c2cnn3[C@H]2CCOC2)CC1. The Bertz CT molecular complexity index is 1580. The van der Waals surface area contributed by atoms with Gasteiger partial charge in [0, 0.05) is 37.2 Å². The van der Waals surface area contributed by atoms with E-state index in [-0.39, 0.29) is 17.8 Å².